The van der Waals surface area contributed by atoms with E-state index in [-0.39, 0.29) is 29.9 Å². The standard InChI is InChI=1S/C49H41F6N3O6/c1-5-7-17-57(37-9-13-39(63-3)14-10-37)48(61)32(19-30-20-33(50)26-34(51)21-30)25-46(59)41-28-43(54)44(55)29-42(41)47(60)56-45(24-31-22-35(52)27-36(53)23-31)49(62)58(18-8-6-2)38-11-15-40(64-4)16-12-38/h9-16,20-23,26-29,32,45H,17-19,24-25H2,1-4H3,(H,56,60)/t32-,45+/m1/s1. The van der Waals surface area contributed by atoms with Gasteiger partial charge in [0.05, 0.1) is 32.9 Å². The summed E-state index contributed by atoms with van der Waals surface area (Å²) in [6.45, 7) is 2.65. The Labute approximate surface area is 366 Å². The minimum Gasteiger partial charge on any atom is -0.497 e. The van der Waals surface area contributed by atoms with Crippen molar-refractivity contribution < 1.29 is 55.0 Å². The lowest BCUT2D eigenvalue weighted by atomic mass is 9.89. The Kier molecular flexibility index (Phi) is 16.4. The maximum Gasteiger partial charge on any atom is 0.252 e. The van der Waals surface area contributed by atoms with E-state index in [1.807, 2.05) is 0 Å². The van der Waals surface area contributed by atoms with E-state index in [1.54, 1.807) is 36.4 Å². The number of nitrogens with one attached hydrogen (secondary N) is 1. The van der Waals surface area contributed by atoms with Gasteiger partial charge in [-0.05, 0) is 116 Å². The molecule has 0 radical (unpaired) electrons. The van der Waals surface area contributed by atoms with Crippen molar-refractivity contribution in [1.82, 2.24) is 5.32 Å². The second kappa shape index (κ2) is 22.0. The molecule has 0 spiro atoms. The molecule has 0 aliphatic heterocycles. The molecular weight excluding hydrogens is 841 g/mol. The summed E-state index contributed by atoms with van der Waals surface area (Å²) in [5.74, 6) is -0.533. The molecule has 64 heavy (non-hydrogen) atoms. The molecule has 9 nitrogen and oxygen atoms in total. The summed E-state index contributed by atoms with van der Waals surface area (Å²) in [5, 5.41) is 2.44. The fraction of sp³-hybridized carbons (Fsp3) is 0.224. The van der Waals surface area contributed by atoms with Crippen LogP contribution in [0, 0.1) is 64.5 Å². The molecule has 5 rings (SSSR count). The van der Waals surface area contributed by atoms with Gasteiger partial charge in [0.2, 0.25) is 5.91 Å². The first-order chi connectivity index (χ1) is 30.6. The predicted octanol–water partition coefficient (Wildman–Crippen LogP) is 8.42. The van der Waals surface area contributed by atoms with Crippen molar-refractivity contribution in [2.75, 3.05) is 37.1 Å². The number of anilines is 2. The summed E-state index contributed by atoms with van der Waals surface area (Å²) < 4.78 is 98.3. The number of benzene rings is 5. The van der Waals surface area contributed by atoms with E-state index in [2.05, 4.69) is 29.0 Å². The monoisotopic (exact) mass is 881 g/mol. The molecule has 3 amide bonds. The van der Waals surface area contributed by atoms with Gasteiger partial charge in [0.25, 0.3) is 11.8 Å². The smallest absolute Gasteiger partial charge is 0.252 e. The van der Waals surface area contributed by atoms with Gasteiger partial charge in [-0.3, -0.25) is 24.1 Å². The molecular formula is C49H41F6N3O6. The number of rotatable bonds is 17. The lowest BCUT2D eigenvalue weighted by Gasteiger charge is -2.27. The summed E-state index contributed by atoms with van der Waals surface area (Å²) in [5.41, 5.74) is -0.971. The molecule has 0 bridgehead atoms. The summed E-state index contributed by atoms with van der Waals surface area (Å²) in [6.07, 6.45) is -1.76. The van der Waals surface area contributed by atoms with E-state index in [0.29, 0.717) is 41.5 Å². The van der Waals surface area contributed by atoms with Gasteiger partial charge in [0.15, 0.2) is 17.4 Å². The molecule has 15 heteroatoms. The molecule has 2 atom stereocenters. The zero-order valence-electron chi connectivity index (χ0n) is 35.0. The van der Waals surface area contributed by atoms with Crippen molar-refractivity contribution in [2.45, 2.75) is 39.2 Å². The number of hydrogen-bond acceptors (Lipinski definition) is 6. The highest BCUT2D eigenvalue weighted by molar-refractivity contribution is 6.11. The lowest BCUT2D eigenvalue weighted by molar-refractivity contribution is -0.122. The maximum atomic E-state index is 15.1. The SMILES string of the molecule is CC#CCN(C(=O)[C@@H](CC(=O)c1cc(F)c(F)cc1C(=O)N[C@@H](Cc1cc(F)cc(F)c1)C(=O)N(CC#CC)c1ccc(OC)cc1)Cc1cc(F)cc(F)c1)c1ccc(OC)cc1. The molecule has 0 heterocycles. The first kappa shape index (κ1) is 47.5. The largest absolute Gasteiger partial charge is 0.497 e. The molecule has 0 saturated heterocycles. The van der Waals surface area contributed by atoms with Crippen molar-refractivity contribution in [3.05, 3.63) is 154 Å². The van der Waals surface area contributed by atoms with Crippen LogP contribution in [-0.4, -0.2) is 56.9 Å². The average molecular weight is 882 g/mol. The molecule has 0 saturated carbocycles. The number of ketones is 1. The maximum absolute atomic E-state index is 15.1. The van der Waals surface area contributed by atoms with Crippen molar-refractivity contribution in [1.29, 1.82) is 0 Å². The molecule has 330 valence electrons. The van der Waals surface area contributed by atoms with E-state index in [9.17, 15) is 36.7 Å². The first-order valence-corrected chi connectivity index (χ1v) is 19.6. The lowest BCUT2D eigenvalue weighted by Crippen LogP contribution is -2.50. The highest BCUT2D eigenvalue weighted by Gasteiger charge is 2.33. The van der Waals surface area contributed by atoms with Gasteiger partial charge in [-0.15, -0.1) is 11.8 Å². The van der Waals surface area contributed by atoms with Crippen LogP contribution in [0.4, 0.5) is 37.7 Å². The Morgan fingerprint density at radius 1 is 0.578 bits per heavy atom. The number of ether oxygens (including phenoxy) is 2. The van der Waals surface area contributed by atoms with Crippen LogP contribution in [0.2, 0.25) is 0 Å². The van der Waals surface area contributed by atoms with Crippen LogP contribution < -0.4 is 24.6 Å². The average Bonchev–Trinajstić information content (AvgIpc) is 3.26. The Balaban J connectivity index is 1.56. The predicted molar refractivity (Wildman–Crippen MR) is 228 cm³/mol. The number of methoxy groups -OCH3 is 2. The summed E-state index contributed by atoms with van der Waals surface area (Å²) in [4.78, 5) is 60.0. The van der Waals surface area contributed by atoms with Gasteiger partial charge in [-0.2, -0.15) is 0 Å². The van der Waals surface area contributed by atoms with Crippen molar-refractivity contribution in [3.8, 4) is 35.2 Å². The molecule has 0 aromatic heterocycles. The third-order valence-electron chi connectivity index (χ3n) is 9.88. The Morgan fingerprint density at radius 2 is 1.00 bits per heavy atom. The summed E-state index contributed by atoms with van der Waals surface area (Å²) >= 11 is 0. The Bertz CT molecular complexity index is 2430. The van der Waals surface area contributed by atoms with Crippen LogP contribution >= 0.6 is 0 Å². The highest BCUT2D eigenvalue weighted by atomic mass is 19.2. The van der Waals surface area contributed by atoms with Gasteiger partial charge in [-0.25, -0.2) is 26.3 Å². The molecule has 0 fully saturated rings. The van der Waals surface area contributed by atoms with Gasteiger partial charge in [-0.1, -0.05) is 11.8 Å². The minimum absolute atomic E-state index is 0.0209. The third kappa shape index (κ3) is 12.3. The van der Waals surface area contributed by atoms with E-state index in [0.717, 1.165) is 24.3 Å². The van der Waals surface area contributed by atoms with Gasteiger partial charge < -0.3 is 19.7 Å². The first-order valence-electron chi connectivity index (χ1n) is 19.6. The van der Waals surface area contributed by atoms with Gasteiger partial charge in [0, 0.05) is 47.8 Å². The normalized spacial score (nSPS) is 11.5. The molecule has 1 N–H and O–H groups in total. The van der Waals surface area contributed by atoms with E-state index >= 15 is 8.78 Å². The number of hydrogen-bond donors (Lipinski definition) is 1. The van der Waals surface area contributed by atoms with Crippen molar-refractivity contribution in [2.24, 2.45) is 5.92 Å². The van der Waals surface area contributed by atoms with Crippen LogP contribution in [0.3, 0.4) is 0 Å². The zero-order valence-corrected chi connectivity index (χ0v) is 35.0. The van der Waals surface area contributed by atoms with Crippen LogP contribution in [0.5, 0.6) is 11.5 Å². The Hall–Kier alpha value is -7.52. The molecule has 0 unspecified atom stereocenters. The molecule has 0 aliphatic carbocycles. The van der Waals surface area contributed by atoms with E-state index in [1.165, 1.54) is 50.0 Å². The summed E-state index contributed by atoms with van der Waals surface area (Å²) in [7, 11) is 2.88. The molecule has 5 aromatic rings. The third-order valence-corrected chi connectivity index (χ3v) is 9.88. The van der Waals surface area contributed by atoms with Crippen LogP contribution in [0.1, 0.15) is 52.1 Å². The number of nitrogens with zero attached hydrogens (tertiary/aromatic N) is 2. The highest BCUT2D eigenvalue weighted by Crippen LogP contribution is 2.28. The number of carbonyl (C=O) groups is 4. The molecule has 0 aliphatic rings. The Morgan fingerprint density at radius 3 is 1.44 bits per heavy atom. The fourth-order valence-corrected chi connectivity index (χ4v) is 6.80. The summed E-state index contributed by atoms with van der Waals surface area (Å²) in [6, 6.07) is 16.7. The van der Waals surface area contributed by atoms with Crippen molar-refractivity contribution >= 4 is 34.9 Å². The number of halogens is 6. The quantitative estimate of drug-likeness (QED) is 0.0572. The minimum atomic E-state index is -1.67. The fourth-order valence-electron chi connectivity index (χ4n) is 6.80. The van der Waals surface area contributed by atoms with Gasteiger partial charge in [0.1, 0.15) is 40.8 Å². The van der Waals surface area contributed by atoms with Crippen LogP contribution in [-0.2, 0) is 22.4 Å². The van der Waals surface area contributed by atoms with Crippen molar-refractivity contribution in [3.63, 3.8) is 0 Å². The van der Waals surface area contributed by atoms with E-state index in [4.69, 9.17) is 9.47 Å². The van der Waals surface area contributed by atoms with E-state index < -0.39 is 101 Å². The number of amides is 3. The van der Waals surface area contributed by atoms with Crippen LogP contribution in [0.25, 0.3) is 0 Å². The van der Waals surface area contributed by atoms with Gasteiger partial charge >= 0.3 is 0 Å². The second-order valence-corrected chi connectivity index (χ2v) is 14.2. The number of Topliss-reactive ketones (excluding diaryl/α,β-unsaturated/α-hetero) is 1. The number of carbonyl (C=O) groups excluding carboxylic acids is 4. The zero-order chi connectivity index (χ0) is 46.5. The van der Waals surface area contributed by atoms with Crippen LogP contribution in [0.15, 0.2) is 97.1 Å². The second-order valence-electron chi connectivity index (χ2n) is 14.2. The topological polar surface area (TPSA) is 105 Å². The molecule has 5 aromatic carbocycles.